The molecule has 1 heterocycles. The van der Waals surface area contributed by atoms with Gasteiger partial charge in [-0.1, -0.05) is 13.8 Å². The molecule has 8 heteroatoms. The first-order chi connectivity index (χ1) is 12.9. The summed E-state index contributed by atoms with van der Waals surface area (Å²) in [7, 11) is 0. The molecule has 1 N–H and O–H groups in total. The minimum Gasteiger partial charge on any atom is -0.487 e. The average Bonchev–Trinajstić information content (AvgIpc) is 2.65. The molecule has 0 aromatic heterocycles. The zero-order valence-corrected chi connectivity index (χ0v) is 16.3. The molecule has 0 bridgehead atoms. The molecule has 0 radical (unpaired) electrons. The number of morpholine rings is 1. The summed E-state index contributed by atoms with van der Waals surface area (Å²) in [6, 6.07) is 4.52. The summed E-state index contributed by atoms with van der Waals surface area (Å²) in [6.45, 7) is 9.99. The van der Waals surface area contributed by atoms with Crippen molar-refractivity contribution >= 4 is 11.6 Å². The number of hydrogen-bond donors (Lipinski definition) is 1. The van der Waals surface area contributed by atoms with Gasteiger partial charge in [0.2, 0.25) is 0 Å². The molecule has 1 atom stereocenters. The number of nitro benzene ring substituents is 1. The van der Waals surface area contributed by atoms with E-state index in [1.54, 1.807) is 13.0 Å². The quantitative estimate of drug-likeness (QED) is 0.523. The van der Waals surface area contributed by atoms with Gasteiger partial charge in [0.1, 0.15) is 0 Å². The second-order valence-corrected chi connectivity index (χ2v) is 7.01. The minimum atomic E-state index is -0.531. The van der Waals surface area contributed by atoms with Gasteiger partial charge in [-0.25, -0.2) is 0 Å². The van der Waals surface area contributed by atoms with Crippen LogP contribution < -0.4 is 10.1 Å². The molecule has 0 aliphatic carbocycles. The summed E-state index contributed by atoms with van der Waals surface area (Å²) < 4.78 is 10.7. The van der Waals surface area contributed by atoms with Crippen LogP contribution >= 0.6 is 0 Å². The van der Waals surface area contributed by atoms with Gasteiger partial charge in [0.05, 0.1) is 24.7 Å². The Morgan fingerprint density at radius 2 is 2.07 bits per heavy atom. The summed E-state index contributed by atoms with van der Waals surface area (Å²) in [4.78, 5) is 25.6. The molecule has 0 saturated carbocycles. The molecule has 27 heavy (non-hydrogen) atoms. The number of carbonyl (C=O) groups is 1. The Labute approximate surface area is 160 Å². The van der Waals surface area contributed by atoms with Crippen molar-refractivity contribution < 1.29 is 19.2 Å². The molecule has 1 amide bonds. The molecule has 1 saturated heterocycles. The highest BCUT2D eigenvalue weighted by Gasteiger charge is 2.23. The van der Waals surface area contributed by atoms with Crippen molar-refractivity contribution in [1.82, 2.24) is 10.2 Å². The maximum Gasteiger partial charge on any atom is 0.311 e. The second kappa shape index (κ2) is 10.2. The standard InChI is InChI=1S/C19H29N3O5/c1-4-27-18-6-5-15(12-17(18)22(24)25)19(23)20-13-16(11-14(2)3)21-7-9-26-10-8-21/h5-6,12,14,16H,4,7-11,13H2,1-3H3,(H,20,23). The third kappa shape index (κ3) is 6.18. The SMILES string of the molecule is CCOc1ccc(C(=O)NCC(CC(C)C)N2CCOCC2)cc1[N+](=O)[O-]. The number of rotatable bonds is 9. The molecule has 1 aromatic carbocycles. The Morgan fingerprint density at radius 1 is 1.37 bits per heavy atom. The van der Waals surface area contributed by atoms with Gasteiger partial charge in [-0.15, -0.1) is 0 Å². The smallest absolute Gasteiger partial charge is 0.311 e. The van der Waals surface area contributed by atoms with E-state index in [0.29, 0.717) is 32.3 Å². The number of amides is 1. The minimum absolute atomic E-state index is 0.171. The van der Waals surface area contributed by atoms with Gasteiger partial charge in [-0.05, 0) is 31.4 Å². The second-order valence-electron chi connectivity index (χ2n) is 7.01. The summed E-state index contributed by atoms with van der Waals surface area (Å²) in [5.41, 5.74) is 0.0619. The van der Waals surface area contributed by atoms with Crippen LogP contribution in [-0.4, -0.2) is 61.2 Å². The molecule has 1 aromatic rings. The average molecular weight is 379 g/mol. The van der Waals surface area contributed by atoms with E-state index in [1.165, 1.54) is 12.1 Å². The Kier molecular flexibility index (Phi) is 7.99. The summed E-state index contributed by atoms with van der Waals surface area (Å²) in [5, 5.41) is 14.2. The highest BCUT2D eigenvalue weighted by Crippen LogP contribution is 2.28. The van der Waals surface area contributed by atoms with Gasteiger partial charge in [0.25, 0.3) is 5.91 Å². The first-order valence-electron chi connectivity index (χ1n) is 9.43. The van der Waals surface area contributed by atoms with Crippen LogP contribution in [0.5, 0.6) is 5.75 Å². The van der Waals surface area contributed by atoms with Crippen LogP contribution in [0.1, 0.15) is 37.6 Å². The Morgan fingerprint density at radius 3 is 2.67 bits per heavy atom. The van der Waals surface area contributed by atoms with Gasteiger partial charge in [0.15, 0.2) is 5.75 Å². The van der Waals surface area contributed by atoms with Crippen molar-refractivity contribution in [3.63, 3.8) is 0 Å². The summed E-state index contributed by atoms with van der Waals surface area (Å²) in [6.07, 6.45) is 0.962. The lowest BCUT2D eigenvalue weighted by molar-refractivity contribution is -0.385. The molecule has 150 valence electrons. The lowest BCUT2D eigenvalue weighted by Gasteiger charge is -2.35. The lowest BCUT2D eigenvalue weighted by atomic mass is 10.0. The van der Waals surface area contributed by atoms with Crippen molar-refractivity contribution in [2.24, 2.45) is 5.92 Å². The highest BCUT2D eigenvalue weighted by molar-refractivity contribution is 5.95. The molecule has 0 spiro atoms. The van der Waals surface area contributed by atoms with Crippen LogP contribution in [0.3, 0.4) is 0 Å². The summed E-state index contributed by atoms with van der Waals surface area (Å²) in [5.74, 6) is 0.356. The van der Waals surface area contributed by atoms with Crippen LogP contribution in [0.2, 0.25) is 0 Å². The lowest BCUT2D eigenvalue weighted by Crippen LogP contribution is -2.49. The van der Waals surface area contributed by atoms with Crippen molar-refractivity contribution in [2.75, 3.05) is 39.5 Å². The third-order valence-corrected chi connectivity index (χ3v) is 4.52. The zero-order valence-electron chi connectivity index (χ0n) is 16.3. The van der Waals surface area contributed by atoms with Crippen molar-refractivity contribution in [3.8, 4) is 5.75 Å². The maximum absolute atomic E-state index is 12.5. The van der Waals surface area contributed by atoms with Crippen LogP contribution in [0.25, 0.3) is 0 Å². The van der Waals surface area contributed by atoms with Gasteiger partial charge in [-0.2, -0.15) is 0 Å². The predicted octanol–water partition coefficient (Wildman–Crippen LogP) is 2.47. The fraction of sp³-hybridized carbons (Fsp3) is 0.632. The van der Waals surface area contributed by atoms with Crippen LogP contribution in [-0.2, 0) is 4.74 Å². The van der Waals surface area contributed by atoms with E-state index in [9.17, 15) is 14.9 Å². The number of nitro groups is 1. The number of ether oxygens (including phenoxy) is 2. The van der Waals surface area contributed by atoms with Gasteiger partial charge in [0, 0.05) is 37.3 Å². The van der Waals surface area contributed by atoms with E-state index in [1.807, 2.05) is 0 Å². The predicted molar refractivity (Wildman–Crippen MR) is 102 cm³/mol. The number of benzene rings is 1. The van der Waals surface area contributed by atoms with Crippen molar-refractivity contribution in [1.29, 1.82) is 0 Å². The normalized spacial score (nSPS) is 16.1. The molecule has 1 aliphatic heterocycles. The third-order valence-electron chi connectivity index (χ3n) is 4.52. The van der Waals surface area contributed by atoms with E-state index in [0.717, 1.165) is 19.5 Å². The van der Waals surface area contributed by atoms with Crippen LogP contribution in [0.15, 0.2) is 18.2 Å². The van der Waals surface area contributed by atoms with E-state index in [-0.39, 0.29) is 28.9 Å². The monoisotopic (exact) mass is 379 g/mol. The number of hydrogen-bond acceptors (Lipinski definition) is 6. The van der Waals surface area contributed by atoms with Crippen molar-refractivity contribution in [3.05, 3.63) is 33.9 Å². The molecule has 8 nitrogen and oxygen atoms in total. The number of carbonyl (C=O) groups excluding carboxylic acids is 1. The molecule has 1 unspecified atom stereocenters. The van der Waals surface area contributed by atoms with E-state index in [4.69, 9.17) is 9.47 Å². The molecule has 1 fully saturated rings. The van der Waals surface area contributed by atoms with E-state index >= 15 is 0 Å². The fourth-order valence-corrected chi connectivity index (χ4v) is 3.24. The van der Waals surface area contributed by atoms with Crippen LogP contribution in [0.4, 0.5) is 5.69 Å². The number of nitrogens with one attached hydrogen (secondary N) is 1. The molecule has 1 aliphatic rings. The molecular formula is C19H29N3O5. The topological polar surface area (TPSA) is 93.9 Å². The van der Waals surface area contributed by atoms with Gasteiger partial charge in [-0.3, -0.25) is 19.8 Å². The number of nitrogens with zero attached hydrogens (tertiary/aromatic N) is 2. The molecular weight excluding hydrogens is 350 g/mol. The summed E-state index contributed by atoms with van der Waals surface area (Å²) >= 11 is 0. The van der Waals surface area contributed by atoms with Crippen LogP contribution in [0, 0.1) is 16.0 Å². The Bertz CT molecular complexity index is 644. The largest absolute Gasteiger partial charge is 0.487 e. The molecule has 2 rings (SSSR count). The Balaban J connectivity index is 2.05. The highest BCUT2D eigenvalue weighted by atomic mass is 16.6. The Hall–Kier alpha value is -2.19. The van der Waals surface area contributed by atoms with Gasteiger partial charge < -0.3 is 14.8 Å². The first kappa shape index (κ1) is 21.1. The van der Waals surface area contributed by atoms with Gasteiger partial charge >= 0.3 is 5.69 Å². The van der Waals surface area contributed by atoms with Crippen molar-refractivity contribution in [2.45, 2.75) is 33.2 Å². The first-order valence-corrected chi connectivity index (χ1v) is 9.43. The zero-order chi connectivity index (χ0) is 19.8. The fourth-order valence-electron chi connectivity index (χ4n) is 3.24. The van der Waals surface area contributed by atoms with E-state index < -0.39 is 4.92 Å². The van der Waals surface area contributed by atoms with E-state index in [2.05, 4.69) is 24.1 Å². The maximum atomic E-state index is 12.5.